The molecule has 104 valence electrons. The van der Waals surface area contributed by atoms with Crippen molar-refractivity contribution in [1.29, 1.82) is 0 Å². The van der Waals surface area contributed by atoms with Gasteiger partial charge in [-0.05, 0) is 43.5 Å². The number of benzene rings is 1. The minimum Gasteiger partial charge on any atom is -0.494 e. The maximum absolute atomic E-state index is 11.6. The summed E-state index contributed by atoms with van der Waals surface area (Å²) in [5.41, 5.74) is 0. The smallest absolute Gasteiger partial charge is 0.347 e. The Morgan fingerprint density at radius 1 is 1.26 bits per heavy atom. The first kappa shape index (κ1) is 13.7. The highest BCUT2D eigenvalue weighted by molar-refractivity contribution is 5.75. The number of esters is 1. The zero-order valence-electron chi connectivity index (χ0n) is 11.4. The van der Waals surface area contributed by atoms with Crippen molar-refractivity contribution in [3.8, 4) is 11.5 Å². The predicted molar refractivity (Wildman–Crippen MR) is 71.4 cm³/mol. The van der Waals surface area contributed by atoms with Gasteiger partial charge in [0.15, 0.2) is 6.10 Å². The van der Waals surface area contributed by atoms with E-state index >= 15 is 0 Å². The monoisotopic (exact) mass is 264 g/mol. The Bertz CT molecular complexity index is 409. The van der Waals surface area contributed by atoms with Gasteiger partial charge in [-0.1, -0.05) is 6.92 Å². The lowest BCUT2D eigenvalue weighted by atomic mass is 10.2. The maximum Gasteiger partial charge on any atom is 0.347 e. The molecule has 0 spiro atoms. The first-order valence-corrected chi connectivity index (χ1v) is 6.72. The van der Waals surface area contributed by atoms with Gasteiger partial charge < -0.3 is 14.2 Å². The van der Waals surface area contributed by atoms with Crippen LogP contribution in [0, 0.1) is 5.92 Å². The zero-order chi connectivity index (χ0) is 13.7. The van der Waals surface area contributed by atoms with Crippen molar-refractivity contribution < 1.29 is 19.0 Å². The van der Waals surface area contributed by atoms with Gasteiger partial charge in [-0.2, -0.15) is 0 Å². The molecular formula is C15H20O4. The Kier molecular flexibility index (Phi) is 4.66. The van der Waals surface area contributed by atoms with Crippen LogP contribution in [0.15, 0.2) is 24.3 Å². The van der Waals surface area contributed by atoms with Gasteiger partial charge in [0.25, 0.3) is 0 Å². The Morgan fingerprint density at radius 3 is 2.42 bits per heavy atom. The fourth-order valence-corrected chi connectivity index (χ4v) is 1.83. The van der Waals surface area contributed by atoms with E-state index in [-0.39, 0.29) is 5.97 Å². The fraction of sp³-hybridized carbons (Fsp3) is 0.533. The van der Waals surface area contributed by atoms with E-state index in [2.05, 4.69) is 6.92 Å². The van der Waals surface area contributed by atoms with E-state index < -0.39 is 6.10 Å². The third-order valence-corrected chi connectivity index (χ3v) is 3.04. The van der Waals surface area contributed by atoms with E-state index in [1.807, 2.05) is 24.3 Å². The van der Waals surface area contributed by atoms with E-state index in [1.165, 1.54) is 7.11 Å². The topological polar surface area (TPSA) is 44.8 Å². The second kappa shape index (κ2) is 6.45. The first-order valence-electron chi connectivity index (χ1n) is 6.72. The number of ether oxygens (including phenoxy) is 3. The van der Waals surface area contributed by atoms with Gasteiger partial charge in [-0.25, -0.2) is 4.79 Å². The molecule has 1 aromatic carbocycles. The molecule has 2 rings (SSSR count). The van der Waals surface area contributed by atoms with Gasteiger partial charge in [-0.3, -0.25) is 0 Å². The molecule has 0 aromatic heterocycles. The van der Waals surface area contributed by atoms with Crippen LogP contribution in [0.5, 0.6) is 11.5 Å². The summed E-state index contributed by atoms with van der Waals surface area (Å²) in [6, 6.07) is 7.35. The molecule has 0 heterocycles. The molecule has 0 amide bonds. The van der Waals surface area contributed by atoms with Gasteiger partial charge in [0.05, 0.1) is 13.7 Å². The second-order valence-corrected chi connectivity index (χ2v) is 4.72. The largest absolute Gasteiger partial charge is 0.494 e. The van der Waals surface area contributed by atoms with Crippen molar-refractivity contribution in [2.24, 2.45) is 5.92 Å². The molecule has 4 nitrogen and oxygen atoms in total. The van der Waals surface area contributed by atoms with E-state index in [0.29, 0.717) is 18.3 Å². The van der Waals surface area contributed by atoms with Crippen molar-refractivity contribution in [3.05, 3.63) is 24.3 Å². The first-order chi connectivity index (χ1) is 9.24. The van der Waals surface area contributed by atoms with Gasteiger partial charge in [0.2, 0.25) is 0 Å². The highest BCUT2D eigenvalue weighted by Gasteiger charge is 2.38. The number of rotatable bonds is 7. The molecule has 1 aliphatic carbocycles. The summed E-state index contributed by atoms with van der Waals surface area (Å²) in [4.78, 5) is 11.6. The lowest BCUT2D eigenvalue weighted by molar-refractivity contribution is -0.149. The van der Waals surface area contributed by atoms with E-state index in [4.69, 9.17) is 14.2 Å². The predicted octanol–water partition coefficient (Wildman–Crippen LogP) is 2.81. The molecule has 1 unspecified atom stereocenters. The highest BCUT2D eigenvalue weighted by Crippen LogP contribution is 2.35. The zero-order valence-corrected chi connectivity index (χ0v) is 11.4. The standard InChI is InChI=1S/C15H20O4/c1-3-10-18-12-6-8-13(9-7-12)19-14(11-4-5-11)15(16)17-2/h6-9,11,14H,3-5,10H2,1-2H3. The minimum atomic E-state index is -0.479. The summed E-state index contributed by atoms with van der Waals surface area (Å²) < 4.78 is 16.0. The molecule has 0 N–H and O–H groups in total. The molecule has 0 saturated heterocycles. The number of carbonyl (C=O) groups excluding carboxylic acids is 1. The van der Waals surface area contributed by atoms with Gasteiger partial charge in [0.1, 0.15) is 11.5 Å². The number of carbonyl (C=O) groups is 1. The van der Waals surface area contributed by atoms with Gasteiger partial charge in [-0.15, -0.1) is 0 Å². The highest BCUT2D eigenvalue weighted by atomic mass is 16.6. The summed E-state index contributed by atoms with van der Waals surface area (Å²) in [5, 5.41) is 0. The van der Waals surface area contributed by atoms with Crippen molar-refractivity contribution in [2.45, 2.75) is 32.3 Å². The van der Waals surface area contributed by atoms with Crippen molar-refractivity contribution in [2.75, 3.05) is 13.7 Å². The Morgan fingerprint density at radius 2 is 1.89 bits per heavy atom. The molecule has 1 fully saturated rings. The maximum atomic E-state index is 11.6. The SMILES string of the molecule is CCCOc1ccc(OC(C(=O)OC)C2CC2)cc1. The third kappa shape index (κ3) is 3.88. The van der Waals surface area contributed by atoms with Crippen molar-refractivity contribution >= 4 is 5.97 Å². The average molecular weight is 264 g/mol. The molecule has 1 aromatic rings. The van der Waals surface area contributed by atoms with Crippen LogP contribution in [-0.4, -0.2) is 25.8 Å². The Labute approximate surface area is 113 Å². The molecule has 4 heteroatoms. The summed E-state index contributed by atoms with van der Waals surface area (Å²) in [5.74, 6) is 1.48. The molecule has 1 aliphatic rings. The van der Waals surface area contributed by atoms with Crippen molar-refractivity contribution in [3.63, 3.8) is 0 Å². The van der Waals surface area contributed by atoms with Crippen LogP contribution < -0.4 is 9.47 Å². The molecule has 1 saturated carbocycles. The van der Waals surface area contributed by atoms with E-state index in [1.54, 1.807) is 0 Å². The summed E-state index contributed by atoms with van der Waals surface area (Å²) in [6.07, 6.45) is 2.55. The Balaban J connectivity index is 1.95. The molecule has 0 aliphatic heterocycles. The molecule has 19 heavy (non-hydrogen) atoms. The van der Waals surface area contributed by atoms with Crippen LogP contribution in [-0.2, 0) is 9.53 Å². The number of hydrogen-bond acceptors (Lipinski definition) is 4. The van der Waals surface area contributed by atoms with Crippen LogP contribution in [0.2, 0.25) is 0 Å². The van der Waals surface area contributed by atoms with Gasteiger partial charge >= 0.3 is 5.97 Å². The Hall–Kier alpha value is -1.71. The van der Waals surface area contributed by atoms with Crippen molar-refractivity contribution in [1.82, 2.24) is 0 Å². The van der Waals surface area contributed by atoms with Crippen LogP contribution in [0.1, 0.15) is 26.2 Å². The average Bonchev–Trinajstić information content (AvgIpc) is 3.27. The molecule has 0 bridgehead atoms. The van der Waals surface area contributed by atoms with Gasteiger partial charge in [0, 0.05) is 5.92 Å². The quantitative estimate of drug-likeness (QED) is 0.710. The second-order valence-electron chi connectivity index (χ2n) is 4.72. The van der Waals surface area contributed by atoms with E-state index in [9.17, 15) is 4.79 Å². The number of methoxy groups -OCH3 is 1. The lowest BCUT2D eigenvalue weighted by Gasteiger charge is -2.16. The van der Waals surface area contributed by atoms with Crippen LogP contribution in [0.3, 0.4) is 0 Å². The molecule has 0 radical (unpaired) electrons. The fourth-order valence-electron chi connectivity index (χ4n) is 1.83. The summed E-state index contributed by atoms with van der Waals surface area (Å²) in [6.45, 7) is 2.77. The lowest BCUT2D eigenvalue weighted by Crippen LogP contribution is -2.30. The van der Waals surface area contributed by atoms with Crippen LogP contribution in [0.25, 0.3) is 0 Å². The number of hydrogen-bond donors (Lipinski definition) is 0. The van der Waals surface area contributed by atoms with E-state index in [0.717, 1.165) is 25.0 Å². The third-order valence-electron chi connectivity index (χ3n) is 3.04. The minimum absolute atomic E-state index is 0.295. The molecule has 1 atom stereocenters. The normalized spacial score (nSPS) is 15.7. The molecular weight excluding hydrogens is 244 g/mol. The van der Waals surface area contributed by atoms with Crippen LogP contribution in [0.4, 0.5) is 0 Å². The summed E-state index contributed by atoms with van der Waals surface area (Å²) in [7, 11) is 1.39. The summed E-state index contributed by atoms with van der Waals surface area (Å²) >= 11 is 0. The van der Waals surface area contributed by atoms with Crippen LogP contribution >= 0.6 is 0 Å².